The summed E-state index contributed by atoms with van der Waals surface area (Å²) in [7, 11) is 0. The van der Waals surface area contributed by atoms with Crippen LogP contribution in [-0.2, 0) is 19.6 Å². The molecule has 2 aromatic heterocycles. The Morgan fingerprint density at radius 3 is 2.86 bits per heavy atom. The van der Waals surface area contributed by atoms with Crippen molar-refractivity contribution in [2.45, 2.75) is 33.0 Å². The van der Waals surface area contributed by atoms with Gasteiger partial charge in [0, 0.05) is 18.7 Å². The van der Waals surface area contributed by atoms with E-state index in [2.05, 4.69) is 5.10 Å². The zero-order valence-electron chi connectivity index (χ0n) is 11.8. The first kappa shape index (κ1) is 14.5. The standard InChI is InChI=1S/C13H14F2N4O3/c1-8-2-5-22-11(8)12(20)17-3-4-18-10(7-17)16-19(13(18)21)6-9(14)15/h2,5,9H,3-4,6-7H2,1H3. The minimum absolute atomic E-state index is 0.0877. The Hall–Kier alpha value is -2.45. The monoisotopic (exact) mass is 312 g/mol. The highest BCUT2D eigenvalue weighted by atomic mass is 19.3. The predicted octanol–water partition coefficient (Wildman–Crippen LogP) is 0.867. The highest BCUT2D eigenvalue weighted by molar-refractivity contribution is 5.92. The van der Waals surface area contributed by atoms with Crippen LogP contribution in [0, 0.1) is 6.92 Å². The van der Waals surface area contributed by atoms with Crippen LogP contribution in [0.4, 0.5) is 8.78 Å². The Morgan fingerprint density at radius 1 is 1.45 bits per heavy atom. The van der Waals surface area contributed by atoms with Gasteiger partial charge in [0.1, 0.15) is 6.54 Å². The molecule has 2 aromatic rings. The Morgan fingerprint density at radius 2 is 2.23 bits per heavy atom. The molecule has 3 rings (SSSR count). The van der Waals surface area contributed by atoms with E-state index in [0.29, 0.717) is 12.4 Å². The maximum Gasteiger partial charge on any atom is 0.346 e. The van der Waals surface area contributed by atoms with Gasteiger partial charge in [0.05, 0.1) is 12.8 Å². The third-order valence-corrected chi connectivity index (χ3v) is 3.58. The van der Waals surface area contributed by atoms with Gasteiger partial charge in [-0.05, 0) is 13.0 Å². The van der Waals surface area contributed by atoms with E-state index in [1.165, 1.54) is 15.7 Å². The zero-order valence-corrected chi connectivity index (χ0v) is 11.8. The van der Waals surface area contributed by atoms with Crippen molar-refractivity contribution < 1.29 is 18.0 Å². The number of carbonyl (C=O) groups is 1. The van der Waals surface area contributed by atoms with Gasteiger partial charge in [0.2, 0.25) is 0 Å². The second-order valence-electron chi connectivity index (χ2n) is 5.08. The van der Waals surface area contributed by atoms with E-state index in [1.54, 1.807) is 13.0 Å². The highest BCUT2D eigenvalue weighted by Crippen LogP contribution is 2.16. The van der Waals surface area contributed by atoms with Crippen LogP contribution >= 0.6 is 0 Å². The molecular weight excluding hydrogens is 298 g/mol. The quantitative estimate of drug-likeness (QED) is 0.843. The number of aromatic nitrogens is 3. The second-order valence-corrected chi connectivity index (χ2v) is 5.08. The first-order valence-electron chi connectivity index (χ1n) is 6.75. The molecule has 0 saturated carbocycles. The third-order valence-electron chi connectivity index (χ3n) is 3.58. The molecule has 3 heterocycles. The zero-order chi connectivity index (χ0) is 15.9. The van der Waals surface area contributed by atoms with E-state index in [9.17, 15) is 18.4 Å². The van der Waals surface area contributed by atoms with Gasteiger partial charge in [-0.15, -0.1) is 0 Å². The lowest BCUT2D eigenvalue weighted by Crippen LogP contribution is -2.41. The van der Waals surface area contributed by atoms with Crippen LogP contribution in [-0.4, -0.2) is 38.1 Å². The smallest absolute Gasteiger partial charge is 0.346 e. The summed E-state index contributed by atoms with van der Waals surface area (Å²) < 4.78 is 32.1. The summed E-state index contributed by atoms with van der Waals surface area (Å²) in [5.41, 5.74) is 0.146. The minimum Gasteiger partial charge on any atom is -0.459 e. The van der Waals surface area contributed by atoms with Crippen molar-refractivity contribution in [3.05, 3.63) is 40.0 Å². The second kappa shape index (κ2) is 5.39. The lowest BCUT2D eigenvalue weighted by Gasteiger charge is -2.26. The Labute approximate surface area is 123 Å². The molecule has 118 valence electrons. The molecular formula is C13H14F2N4O3. The maximum atomic E-state index is 12.4. The van der Waals surface area contributed by atoms with Crippen LogP contribution in [0.3, 0.4) is 0 Å². The number of fused-ring (bicyclic) bond motifs is 1. The fraction of sp³-hybridized carbons (Fsp3) is 0.462. The molecule has 0 saturated heterocycles. The number of rotatable bonds is 3. The SMILES string of the molecule is Cc1ccoc1C(=O)N1CCn2c(nn(CC(F)F)c2=O)C1. The van der Waals surface area contributed by atoms with Crippen LogP contribution in [0.15, 0.2) is 21.5 Å². The van der Waals surface area contributed by atoms with Crippen molar-refractivity contribution in [2.24, 2.45) is 0 Å². The number of hydrogen-bond acceptors (Lipinski definition) is 4. The van der Waals surface area contributed by atoms with E-state index in [1.807, 2.05) is 0 Å². The summed E-state index contributed by atoms with van der Waals surface area (Å²) >= 11 is 0. The fourth-order valence-electron chi connectivity index (χ4n) is 2.46. The van der Waals surface area contributed by atoms with E-state index < -0.39 is 18.7 Å². The van der Waals surface area contributed by atoms with Crippen molar-refractivity contribution in [1.82, 2.24) is 19.2 Å². The summed E-state index contributed by atoms with van der Waals surface area (Å²) in [6.45, 7) is 1.62. The number of aryl methyl sites for hydroxylation is 1. The number of alkyl halides is 2. The van der Waals surface area contributed by atoms with E-state index in [-0.39, 0.29) is 24.8 Å². The third kappa shape index (κ3) is 2.42. The lowest BCUT2D eigenvalue weighted by molar-refractivity contribution is 0.0672. The molecule has 0 radical (unpaired) electrons. The van der Waals surface area contributed by atoms with Gasteiger partial charge in [0.15, 0.2) is 11.6 Å². The van der Waals surface area contributed by atoms with Gasteiger partial charge >= 0.3 is 5.69 Å². The van der Waals surface area contributed by atoms with Crippen molar-refractivity contribution in [2.75, 3.05) is 6.54 Å². The molecule has 1 aliphatic heterocycles. The van der Waals surface area contributed by atoms with Crippen molar-refractivity contribution in [3.63, 3.8) is 0 Å². The summed E-state index contributed by atoms with van der Waals surface area (Å²) in [6.07, 6.45) is -1.22. The molecule has 0 spiro atoms. The van der Waals surface area contributed by atoms with Crippen LogP contribution in [0.25, 0.3) is 0 Å². The van der Waals surface area contributed by atoms with Crippen molar-refractivity contribution in [3.8, 4) is 0 Å². The molecule has 0 bridgehead atoms. The summed E-state index contributed by atoms with van der Waals surface area (Å²) in [6, 6.07) is 1.68. The Balaban J connectivity index is 1.84. The average Bonchev–Trinajstić information content (AvgIpc) is 3.02. The molecule has 0 atom stereocenters. The van der Waals surface area contributed by atoms with Gasteiger partial charge in [-0.3, -0.25) is 9.36 Å². The number of hydrogen-bond donors (Lipinski definition) is 0. The molecule has 0 unspecified atom stereocenters. The average molecular weight is 312 g/mol. The minimum atomic E-state index is -2.65. The number of furan rings is 1. The first-order chi connectivity index (χ1) is 10.5. The Bertz CT molecular complexity index is 762. The molecule has 9 heteroatoms. The van der Waals surface area contributed by atoms with Crippen LogP contribution < -0.4 is 5.69 Å². The van der Waals surface area contributed by atoms with Gasteiger partial charge in [-0.2, -0.15) is 5.10 Å². The number of halogens is 2. The molecule has 0 fully saturated rings. The molecule has 0 aliphatic carbocycles. The van der Waals surface area contributed by atoms with Gasteiger partial charge < -0.3 is 9.32 Å². The summed E-state index contributed by atoms with van der Waals surface area (Å²) in [5.74, 6) is 0.238. The van der Waals surface area contributed by atoms with E-state index >= 15 is 0 Å². The van der Waals surface area contributed by atoms with E-state index in [4.69, 9.17) is 4.42 Å². The number of carbonyl (C=O) groups excluding carboxylic acids is 1. The number of amides is 1. The molecule has 22 heavy (non-hydrogen) atoms. The molecule has 1 amide bonds. The normalized spacial score (nSPS) is 14.5. The van der Waals surface area contributed by atoms with Gasteiger partial charge in [-0.1, -0.05) is 0 Å². The Kier molecular flexibility index (Phi) is 3.55. The van der Waals surface area contributed by atoms with Gasteiger partial charge in [-0.25, -0.2) is 18.3 Å². The molecule has 0 aromatic carbocycles. The lowest BCUT2D eigenvalue weighted by atomic mass is 10.2. The predicted molar refractivity (Wildman–Crippen MR) is 70.7 cm³/mol. The largest absolute Gasteiger partial charge is 0.459 e. The van der Waals surface area contributed by atoms with E-state index in [0.717, 1.165) is 10.2 Å². The van der Waals surface area contributed by atoms with Crippen molar-refractivity contribution in [1.29, 1.82) is 0 Å². The topological polar surface area (TPSA) is 73.3 Å². The fourth-order valence-corrected chi connectivity index (χ4v) is 2.46. The molecule has 7 nitrogen and oxygen atoms in total. The van der Waals surface area contributed by atoms with Crippen molar-refractivity contribution >= 4 is 5.91 Å². The maximum absolute atomic E-state index is 12.4. The molecule has 0 N–H and O–H groups in total. The van der Waals surface area contributed by atoms with Crippen LogP contribution in [0.1, 0.15) is 21.9 Å². The molecule has 1 aliphatic rings. The highest BCUT2D eigenvalue weighted by Gasteiger charge is 2.28. The van der Waals surface area contributed by atoms with Crippen LogP contribution in [0.5, 0.6) is 0 Å². The summed E-state index contributed by atoms with van der Waals surface area (Å²) in [5, 5.41) is 3.89. The first-order valence-corrected chi connectivity index (χ1v) is 6.75. The van der Waals surface area contributed by atoms with Crippen LogP contribution in [0.2, 0.25) is 0 Å². The number of nitrogens with zero attached hydrogens (tertiary/aromatic N) is 4. The van der Waals surface area contributed by atoms with Gasteiger partial charge in [0.25, 0.3) is 12.3 Å². The summed E-state index contributed by atoms with van der Waals surface area (Å²) in [4.78, 5) is 25.8.